The fraction of sp³-hybridized carbons (Fsp3) is 0.114. The summed E-state index contributed by atoms with van der Waals surface area (Å²) in [6, 6.07) is 117. The predicted molar refractivity (Wildman–Crippen MR) is 569 cm³/mol. The van der Waals surface area contributed by atoms with Crippen LogP contribution < -0.4 is 18.9 Å². The van der Waals surface area contributed by atoms with Crippen molar-refractivity contribution in [3.8, 4) is 112 Å². The second-order valence-electron chi connectivity index (χ2n) is 34.9. The molecular weight excluding hydrogens is 1870 g/mol. The Balaban J connectivity index is 0.000000141. The summed E-state index contributed by atoms with van der Waals surface area (Å²) in [4.78, 5) is 119. The average molecular weight is 1980 g/mol. The van der Waals surface area contributed by atoms with Crippen LogP contribution in [-0.4, -0.2) is 129 Å². The number of hydrogen-bond acceptors (Lipinski definition) is 15. The molecule has 15 aromatic carbocycles. The van der Waals surface area contributed by atoms with E-state index in [0.29, 0.717) is 11.1 Å². The number of carboxylic acids is 8. The number of fused-ring (bicyclic) bond motifs is 4. The zero-order chi connectivity index (χ0) is 105. The fourth-order valence-corrected chi connectivity index (χ4v) is 16.0. The van der Waals surface area contributed by atoms with Crippen molar-refractivity contribution in [2.75, 3.05) is 13.6 Å². The highest BCUT2D eigenvalue weighted by molar-refractivity contribution is 5.97. The Bertz CT molecular complexity index is 7730. The van der Waals surface area contributed by atoms with Gasteiger partial charge < -0.3 is 69.8 Å². The number of aliphatic carboxylic acids is 8. The number of nitrogens with zero attached hydrogens (tertiary/aromatic N) is 1. The van der Waals surface area contributed by atoms with Gasteiger partial charge in [-0.1, -0.05) is 291 Å². The maximum Gasteiger partial charge on any atom is 0.313 e. The number of carboxylic acid groups (broad SMARTS) is 8. The van der Waals surface area contributed by atoms with Crippen molar-refractivity contribution >= 4 is 81.1 Å². The molecule has 0 amide bonds. The van der Waals surface area contributed by atoms with E-state index < -0.39 is 53.2 Å². The monoisotopic (exact) mass is 1980 g/mol. The molecule has 25 nitrogen and oxygen atoms in total. The van der Waals surface area contributed by atoms with E-state index in [4.69, 9.17) is 54.7 Å². The molecule has 0 aliphatic carbocycles. The molecular formula is C123H105N3O22. The highest BCUT2D eigenvalue weighted by Crippen LogP contribution is 2.39. The van der Waals surface area contributed by atoms with Crippen molar-refractivity contribution in [2.45, 2.75) is 78.1 Å². The van der Waals surface area contributed by atoms with Crippen LogP contribution in [0.3, 0.4) is 0 Å². The smallest absolute Gasteiger partial charge is 0.313 e. The molecule has 0 unspecified atom stereocenters. The lowest BCUT2D eigenvalue weighted by atomic mass is 9.84. The van der Waals surface area contributed by atoms with E-state index in [2.05, 4.69) is 39.2 Å². The van der Waals surface area contributed by atoms with Crippen LogP contribution in [0.15, 0.2) is 395 Å². The van der Waals surface area contributed by atoms with E-state index in [1.807, 2.05) is 328 Å². The minimum atomic E-state index is -0.852. The minimum absolute atomic E-state index is 0.000237. The number of aromatic amines is 2. The van der Waals surface area contributed by atoms with E-state index in [1.54, 1.807) is 56.6 Å². The number of ether oxygens (including phenoxy) is 4. The Hall–Kier alpha value is -19.2. The molecule has 744 valence electrons. The number of carbonyl (C=O) groups is 10. The first-order valence-corrected chi connectivity index (χ1v) is 46.9. The van der Waals surface area contributed by atoms with Crippen LogP contribution in [0.1, 0.15) is 92.9 Å². The van der Waals surface area contributed by atoms with Crippen LogP contribution in [-0.2, 0) is 88.7 Å². The van der Waals surface area contributed by atoms with E-state index in [9.17, 15) is 53.1 Å². The summed E-state index contributed by atoms with van der Waals surface area (Å²) in [5.74, 6) is -3.58. The Kier molecular flexibility index (Phi) is 36.9. The summed E-state index contributed by atoms with van der Waals surface area (Å²) >= 11 is 0. The Morgan fingerprint density at radius 2 is 0.574 bits per heavy atom. The predicted octanol–water partition coefficient (Wildman–Crippen LogP) is 24.8. The third-order valence-corrected chi connectivity index (χ3v) is 23.7. The van der Waals surface area contributed by atoms with Gasteiger partial charge in [-0.2, -0.15) is 0 Å². The number of pyridine rings is 1. The molecule has 5 heterocycles. The third-order valence-electron chi connectivity index (χ3n) is 23.7. The third kappa shape index (κ3) is 31.2. The van der Waals surface area contributed by atoms with E-state index in [-0.39, 0.29) is 70.1 Å². The number of H-pyrrole nitrogens is 2. The number of rotatable bonds is 26. The minimum Gasteiger partial charge on any atom is -0.481 e. The quantitative estimate of drug-likeness (QED) is 0.0225. The summed E-state index contributed by atoms with van der Waals surface area (Å²) in [6.45, 7) is 7.00. The molecule has 0 fully saturated rings. The van der Waals surface area contributed by atoms with Gasteiger partial charge in [-0.05, 0) is 245 Å². The highest BCUT2D eigenvalue weighted by atomic mass is 16.7. The van der Waals surface area contributed by atoms with Crippen LogP contribution in [0.2, 0.25) is 0 Å². The van der Waals surface area contributed by atoms with Crippen LogP contribution in [0.25, 0.3) is 111 Å². The molecule has 20 rings (SSSR count). The summed E-state index contributed by atoms with van der Waals surface area (Å²) < 4.78 is 21.2. The van der Waals surface area contributed by atoms with Crippen molar-refractivity contribution < 1.29 is 108 Å². The largest absolute Gasteiger partial charge is 0.481 e. The van der Waals surface area contributed by atoms with Gasteiger partial charge in [0.05, 0.1) is 50.4 Å². The Morgan fingerprint density at radius 3 is 0.966 bits per heavy atom. The van der Waals surface area contributed by atoms with Crippen molar-refractivity contribution in [2.24, 2.45) is 0 Å². The molecule has 0 radical (unpaired) electrons. The number of aromatic nitrogens is 3. The van der Waals surface area contributed by atoms with Crippen molar-refractivity contribution in [1.82, 2.24) is 15.0 Å². The zero-order valence-electron chi connectivity index (χ0n) is 81.1. The second kappa shape index (κ2) is 51.5. The van der Waals surface area contributed by atoms with Gasteiger partial charge in [-0.15, -0.1) is 0 Å². The van der Waals surface area contributed by atoms with E-state index in [1.165, 1.54) is 19.2 Å². The zero-order valence-corrected chi connectivity index (χ0v) is 81.1. The lowest BCUT2D eigenvalue weighted by molar-refractivity contribution is -0.143. The molecule has 148 heavy (non-hydrogen) atoms. The van der Waals surface area contributed by atoms with Gasteiger partial charge in [0, 0.05) is 52.5 Å². The normalized spacial score (nSPS) is 11.0. The number of carbonyl (C=O) groups excluding carboxylic acids is 2. The molecule has 10 N–H and O–H groups in total. The molecule has 0 atom stereocenters. The summed E-state index contributed by atoms with van der Waals surface area (Å²) in [7, 11) is 0. The molecule has 2 aliphatic rings. The van der Waals surface area contributed by atoms with E-state index in [0.717, 1.165) is 173 Å². The first-order chi connectivity index (χ1) is 71.3. The van der Waals surface area contributed by atoms with Gasteiger partial charge in [0.1, 0.15) is 0 Å². The lowest BCUT2D eigenvalue weighted by Gasteiger charge is -2.19. The number of ketones is 2. The molecule has 0 spiro atoms. The first-order valence-electron chi connectivity index (χ1n) is 46.9. The van der Waals surface area contributed by atoms with Crippen LogP contribution >= 0.6 is 0 Å². The number of Topliss-reactive ketones (excluding diaryl/α,β-unsaturated/α-hetero) is 2. The molecule has 3 aromatic heterocycles. The van der Waals surface area contributed by atoms with Crippen LogP contribution in [0, 0.1) is 0 Å². The summed E-state index contributed by atoms with van der Waals surface area (Å²) in [5, 5.41) is 73.0. The number of nitrogens with one attached hydrogen (secondary N) is 2. The molecule has 0 saturated carbocycles. The SMILES string of the molecule is CC(=O)c1cccc(-c2ccc(CC(=O)O)cc2)c1.CC(=O)c1cccc(-c2cccc(CC(=O)O)c2)c1.CC(C)(C(=O)O)c1ccc(-c2ccccc2)cc1.O=C(O)Cc1ccc(-c2ccc3[nH]ccc3c2)cc1.O=C(O)Cc1ccc(-c2ccc3c(c2)OCO3)cc1.O=C(O)Cc1cccc(-c2ccc3[nH]ccc3c2)c1.O=C(O)Cc1cccc(-c2ccc3c(c2)OCO3)c1.O=C(O)Cc1ccccc1-c1cccnc1. The Labute approximate surface area is 853 Å². The molecule has 25 heteroatoms. The van der Waals surface area contributed by atoms with Crippen LogP contribution in [0.4, 0.5) is 0 Å². The lowest BCUT2D eigenvalue weighted by Crippen LogP contribution is -2.28. The number of benzene rings is 15. The average Bonchev–Trinajstić information content (AvgIpc) is 1.63. The topological polar surface area (TPSA) is 414 Å². The van der Waals surface area contributed by atoms with Crippen molar-refractivity contribution in [3.05, 3.63) is 450 Å². The number of hydrogen-bond donors (Lipinski definition) is 10. The van der Waals surface area contributed by atoms with E-state index >= 15 is 0 Å². The van der Waals surface area contributed by atoms with Crippen molar-refractivity contribution in [1.29, 1.82) is 0 Å². The van der Waals surface area contributed by atoms with Crippen LogP contribution in [0.5, 0.6) is 23.0 Å². The molecule has 2 aliphatic heterocycles. The first kappa shape index (κ1) is 106. The Morgan fingerprint density at radius 1 is 0.270 bits per heavy atom. The standard InChI is InChI=1S/2C16H13NO2.2C16H14O3.C16H16O2.2C15H12O4.C13H11NO2/c18-16(19)9-11-1-3-12(4-2-11)13-5-6-15-14(10-13)7-8-17-15;18-16(19)9-11-2-1-3-12(8-11)13-4-5-15-14(10-13)6-7-17-15;1-11(17)13-5-3-7-15(10-13)14-6-2-4-12(8-14)9-16(18)19;1-11(17)14-3-2-4-15(10-14)13-7-5-12(6-8-13)9-16(18)19;1-16(2,15(17)18)14-10-8-13(9-11-14)12-6-4-3-5-7-12;16-15(17)7-10-1-3-11(4-2-10)12-5-6-13-14(8-12)19-9-18-13;16-15(17)7-10-2-1-3-11(6-10)12-4-5-13-14(8-12)19-9-18-13;15-13(16)8-10-4-1-2-6-12(10)11-5-3-7-14-9-11/h2*1-8,10,17H,9H2,(H,18,19);2*2-8,10H,9H2,1H3,(H,18,19);3-11H,1-2H3,(H,17,18);2*1-6,8H,7,9H2,(H,16,17);1-7,9H,8H2,(H,15,16). The molecule has 18 aromatic rings. The van der Waals surface area contributed by atoms with Crippen molar-refractivity contribution in [3.63, 3.8) is 0 Å². The highest BCUT2D eigenvalue weighted by Gasteiger charge is 2.29. The van der Waals surface area contributed by atoms with Gasteiger partial charge in [0.2, 0.25) is 13.6 Å². The van der Waals surface area contributed by atoms with Gasteiger partial charge in [0.15, 0.2) is 34.6 Å². The van der Waals surface area contributed by atoms with Gasteiger partial charge in [0.25, 0.3) is 0 Å². The fourth-order valence-electron chi connectivity index (χ4n) is 16.0. The van der Waals surface area contributed by atoms with Gasteiger partial charge in [-0.3, -0.25) is 52.9 Å². The van der Waals surface area contributed by atoms with Gasteiger partial charge in [-0.25, -0.2) is 0 Å². The maximum atomic E-state index is 11.4. The maximum absolute atomic E-state index is 11.4. The molecule has 0 bridgehead atoms. The molecule has 0 saturated heterocycles. The summed E-state index contributed by atoms with van der Waals surface area (Å²) in [6.07, 6.45) is 7.51. The summed E-state index contributed by atoms with van der Waals surface area (Å²) in [5.41, 5.74) is 25.3. The van der Waals surface area contributed by atoms with Gasteiger partial charge >= 0.3 is 47.8 Å². The second-order valence-corrected chi connectivity index (χ2v) is 34.9.